The molecule has 6 heteroatoms. The van der Waals surface area contributed by atoms with Gasteiger partial charge in [-0.3, -0.25) is 19.6 Å². The lowest BCUT2D eigenvalue weighted by atomic mass is 9.98. The second kappa shape index (κ2) is 11.5. The van der Waals surface area contributed by atoms with Crippen LogP contribution >= 0.6 is 0 Å². The van der Waals surface area contributed by atoms with Gasteiger partial charge >= 0.3 is 0 Å². The van der Waals surface area contributed by atoms with E-state index in [1.165, 1.54) is 4.90 Å². The summed E-state index contributed by atoms with van der Waals surface area (Å²) in [5.41, 5.74) is 12.0. The van der Waals surface area contributed by atoms with Gasteiger partial charge in [-0.05, 0) is 83.6 Å². The molecule has 3 aromatic heterocycles. The lowest BCUT2D eigenvalue weighted by Gasteiger charge is -2.18. The summed E-state index contributed by atoms with van der Waals surface area (Å²) in [5, 5.41) is 2.09. The molecule has 0 unspecified atom stereocenters. The third kappa shape index (κ3) is 4.42. The number of aryl methyl sites for hydroxylation is 2. The van der Waals surface area contributed by atoms with Gasteiger partial charge in [0.25, 0.3) is 11.8 Å². The predicted octanol–water partition coefficient (Wildman–Crippen LogP) is 9.99. The zero-order valence-electron chi connectivity index (χ0n) is 27.5. The zero-order chi connectivity index (χ0) is 33.9. The first-order valence-electron chi connectivity index (χ1n) is 16.6. The highest BCUT2D eigenvalue weighted by molar-refractivity contribution is 6.36. The minimum absolute atomic E-state index is 0.340. The molecular weight excluding hydrogens is 617 g/mol. The predicted molar refractivity (Wildman–Crippen MR) is 200 cm³/mol. The number of para-hydroxylation sites is 2. The fourth-order valence-corrected chi connectivity index (χ4v) is 7.49. The quantitative estimate of drug-likeness (QED) is 0.175. The molecule has 1 aliphatic heterocycles. The van der Waals surface area contributed by atoms with Crippen LogP contribution in [0.2, 0.25) is 0 Å². The molecule has 0 atom stereocenters. The number of anilines is 1. The summed E-state index contributed by atoms with van der Waals surface area (Å²) >= 11 is 0. The van der Waals surface area contributed by atoms with E-state index in [2.05, 4.69) is 64.8 Å². The lowest BCUT2D eigenvalue weighted by molar-refractivity contribution is 0.0926. The number of fused-ring (bicyclic) bond motifs is 4. The molecule has 2 amide bonds. The van der Waals surface area contributed by atoms with E-state index in [9.17, 15) is 9.59 Å². The third-order valence-corrected chi connectivity index (χ3v) is 9.78. The van der Waals surface area contributed by atoms with Crippen LogP contribution in [0.1, 0.15) is 31.8 Å². The standard InChI is InChI=1S/C44H30N4O2/c1-27-25-45-22-20-32(27)34-14-7-16-36-37-17-8-15-35(33-21-23-46-26-28(33)2)42(37)48(41(34)36)39-19-9-18-38-40(39)44(50)47(43(38)49)31-13-6-12-30(24-31)29-10-4-3-5-11-29/h3-26H,1-2H3. The van der Waals surface area contributed by atoms with Gasteiger partial charge in [-0.2, -0.15) is 0 Å². The van der Waals surface area contributed by atoms with Crippen LogP contribution in [0.25, 0.3) is 60.9 Å². The number of aromatic nitrogens is 3. The van der Waals surface area contributed by atoms with E-state index in [4.69, 9.17) is 0 Å². The van der Waals surface area contributed by atoms with Gasteiger partial charge in [0, 0.05) is 46.7 Å². The van der Waals surface area contributed by atoms with Gasteiger partial charge in [-0.15, -0.1) is 0 Å². The SMILES string of the molecule is Cc1cnccc1-c1cccc2c3cccc(-c4ccncc4C)c3n(-c3cccc4c3C(=O)N(c3cccc(-c5ccccc5)c3)C4=O)c12. The first kappa shape index (κ1) is 29.5. The zero-order valence-corrected chi connectivity index (χ0v) is 27.5. The van der Waals surface area contributed by atoms with E-state index < -0.39 is 0 Å². The molecule has 8 aromatic rings. The van der Waals surface area contributed by atoms with Crippen LogP contribution in [0.15, 0.2) is 146 Å². The van der Waals surface area contributed by atoms with E-state index in [0.29, 0.717) is 22.5 Å². The maximum atomic E-state index is 14.7. The van der Waals surface area contributed by atoms with Gasteiger partial charge in [0.05, 0.1) is 33.5 Å². The summed E-state index contributed by atoms with van der Waals surface area (Å²) in [6.45, 7) is 4.12. The summed E-state index contributed by atoms with van der Waals surface area (Å²) < 4.78 is 2.20. The van der Waals surface area contributed by atoms with Crippen molar-refractivity contribution in [1.29, 1.82) is 0 Å². The Bertz CT molecular complexity index is 2570. The van der Waals surface area contributed by atoms with Crippen LogP contribution in [-0.2, 0) is 0 Å². The van der Waals surface area contributed by atoms with Crippen molar-refractivity contribution in [2.75, 3.05) is 4.90 Å². The molecule has 0 saturated heterocycles. The molecule has 0 saturated carbocycles. The number of carbonyl (C=O) groups excluding carboxylic acids is 2. The Morgan fingerprint density at radius 2 is 1.06 bits per heavy atom. The summed E-state index contributed by atoms with van der Waals surface area (Å²) in [6, 6.07) is 39.9. The van der Waals surface area contributed by atoms with Crippen LogP contribution in [0.4, 0.5) is 5.69 Å². The smallest absolute Gasteiger partial charge is 0.268 e. The summed E-state index contributed by atoms with van der Waals surface area (Å²) in [4.78, 5) is 39.0. The molecule has 0 aliphatic carbocycles. The first-order chi connectivity index (χ1) is 24.5. The first-order valence-corrected chi connectivity index (χ1v) is 16.6. The average molecular weight is 647 g/mol. The van der Waals surface area contributed by atoms with Crippen molar-refractivity contribution < 1.29 is 9.59 Å². The number of hydrogen-bond acceptors (Lipinski definition) is 4. The van der Waals surface area contributed by atoms with E-state index in [0.717, 1.165) is 66.3 Å². The summed E-state index contributed by atoms with van der Waals surface area (Å²) in [7, 11) is 0. The van der Waals surface area contributed by atoms with Crippen molar-refractivity contribution in [3.05, 3.63) is 168 Å². The van der Waals surface area contributed by atoms with Crippen LogP contribution < -0.4 is 4.90 Å². The molecule has 4 heterocycles. The van der Waals surface area contributed by atoms with Gasteiger partial charge in [0.15, 0.2) is 0 Å². The Labute approximate surface area is 288 Å². The molecule has 50 heavy (non-hydrogen) atoms. The van der Waals surface area contributed by atoms with Gasteiger partial charge in [0.2, 0.25) is 0 Å². The molecule has 0 N–H and O–H groups in total. The molecule has 0 bridgehead atoms. The molecule has 0 spiro atoms. The highest BCUT2D eigenvalue weighted by Crippen LogP contribution is 2.44. The molecule has 1 aliphatic rings. The van der Waals surface area contributed by atoms with Crippen LogP contribution in [0.5, 0.6) is 0 Å². The number of benzene rings is 5. The fraction of sp³-hybridized carbons (Fsp3) is 0.0455. The van der Waals surface area contributed by atoms with E-state index in [1.54, 1.807) is 6.07 Å². The Hall–Kier alpha value is -6.66. The second-order valence-corrected chi connectivity index (χ2v) is 12.7. The number of imide groups is 1. The molecule has 9 rings (SSSR count). The monoisotopic (exact) mass is 646 g/mol. The molecule has 238 valence electrons. The number of pyridine rings is 2. The van der Waals surface area contributed by atoms with Crippen LogP contribution in [0, 0.1) is 13.8 Å². The molecule has 0 fully saturated rings. The molecule has 0 radical (unpaired) electrons. The normalized spacial score (nSPS) is 12.6. The summed E-state index contributed by atoms with van der Waals surface area (Å²) in [5.74, 6) is -0.691. The van der Waals surface area contributed by atoms with Crippen molar-refractivity contribution >= 4 is 39.3 Å². The highest BCUT2D eigenvalue weighted by Gasteiger charge is 2.39. The van der Waals surface area contributed by atoms with Gasteiger partial charge < -0.3 is 4.57 Å². The lowest BCUT2D eigenvalue weighted by Crippen LogP contribution is -2.29. The van der Waals surface area contributed by atoms with Crippen molar-refractivity contribution in [3.63, 3.8) is 0 Å². The minimum Gasteiger partial charge on any atom is -0.307 e. The molecule has 5 aromatic carbocycles. The summed E-state index contributed by atoms with van der Waals surface area (Å²) in [6.07, 6.45) is 7.36. The number of amides is 2. The molecule has 6 nitrogen and oxygen atoms in total. The average Bonchev–Trinajstić information content (AvgIpc) is 3.63. The highest BCUT2D eigenvalue weighted by atomic mass is 16.2. The van der Waals surface area contributed by atoms with Crippen molar-refractivity contribution in [3.8, 4) is 39.1 Å². The Morgan fingerprint density at radius 1 is 0.500 bits per heavy atom. The van der Waals surface area contributed by atoms with E-state index >= 15 is 0 Å². The van der Waals surface area contributed by atoms with Gasteiger partial charge in [-0.1, -0.05) is 84.9 Å². The number of carbonyl (C=O) groups is 2. The topological polar surface area (TPSA) is 68.1 Å². The van der Waals surface area contributed by atoms with Gasteiger partial charge in [-0.25, -0.2) is 4.90 Å². The van der Waals surface area contributed by atoms with Crippen molar-refractivity contribution in [1.82, 2.24) is 14.5 Å². The van der Waals surface area contributed by atoms with E-state index in [1.807, 2.05) is 104 Å². The largest absolute Gasteiger partial charge is 0.307 e. The maximum Gasteiger partial charge on any atom is 0.268 e. The molecular formula is C44H30N4O2. The van der Waals surface area contributed by atoms with Gasteiger partial charge in [0.1, 0.15) is 0 Å². The van der Waals surface area contributed by atoms with Crippen molar-refractivity contribution in [2.24, 2.45) is 0 Å². The number of hydrogen-bond donors (Lipinski definition) is 0. The Balaban J connectivity index is 1.34. The second-order valence-electron chi connectivity index (χ2n) is 12.7. The Kier molecular flexibility index (Phi) is 6.78. The maximum absolute atomic E-state index is 14.7. The van der Waals surface area contributed by atoms with Crippen molar-refractivity contribution in [2.45, 2.75) is 13.8 Å². The number of nitrogens with zero attached hydrogens (tertiary/aromatic N) is 4. The Morgan fingerprint density at radius 3 is 1.68 bits per heavy atom. The fourth-order valence-electron chi connectivity index (χ4n) is 7.49. The van der Waals surface area contributed by atoms with E-state index in [-0.39, 0.29) is 11.8 Å². The van der Waals surface area contributed by atoms with Crippen LogP contribution in [0.3, 0.4) is 0 Å². The van der Waals surface area contributed by atoms with Crippen LogP contribution in [-0.4, -0.2) is 26.3 Å². The minimum atomic E-state index is -0.351. The third-order valence-electron chi connectivity index (χ3n) is 9.78. The number of rotatable bonds is 5.